The summed E-state index contributed by atoms with van der Waals surface area (Å²) in [5, 5.41) is 3.28. The monoisotopic (exact) mass is 518 g/mol. The normalized spacial score (nSPS) is 16.2. The summed E-state index contributed by atoms with van der Waals surface area (Å²) in [5.74, 6) is -0.400. The molecule has 0 radical (unpaired) electrons. The fraction of sp³-hybridized carbons (Fsp3) is 0.294. The van der Waals surface area contributed by atoms with Crippen molar-refractivity contribution in [3.63, 3.8) is 0 Å². The number of nitrogens with one attached hydrogen (secondary N) is 4. The highest BCUT2D eigenvalue weighted by molar-refractivity contribution is 9.11. The van der Waals surface area contributed by atoms with Crippen LogP contribution in [0.1, 0.15) is 23.2 Å². The number of anilines is 1. The molecule has 12 heteroatoms. The number of thiophene rings is 1. The standard InChI is InChI=1S/C17H19BrN4O4S3/c18-14-7-8-15(28-14)29(24,25)22-12-5-3-11(4-6-12)16(23)20-21-17(27)19-10-13-2-1-9-26-13/h3-8,13,22H,1-2,9-10H2,(H,20,23)(H2,19,21,27)/t13-/m0/s1. The van der Waals surface area contributed by atoms with Crippen LogP contribution in [0.5, 0.6) is 0 Å². The van der Waals surface area contributed by atoms with E-state index >= 15 is 0 Å². The molecule has 0 spiro atoms. The van der Waals surface area contributed by atoms with Gasteiger partial charge in [0, 0.05) is 24.4 Å². The lowest BCUT2D eigenvalue weighted by Gasteiger charge is -2.14. The first-order valence-corrected chi connectivity index (χ1v) is 12.2. The van der Waals surface area contributed by atoms with Crippen LogP contribution in [-0.4, -0.2) is 38.7 Å². The molecule has 0 aliphatic carbocycles. The van der Waals surface area contributed by atoms with Gasteiger partial charge in [-0.15, -0.1) is 11.3 Å². The van der Waals surface area contributed by atoms with E-state index in [-0.39, 0.29) is 10.3 Å². The van der Waals surface area contributed by atoms with E-state index in [4.69, 9.17) is 17.0 Å². The van der Waals surface area contributed by atoms with Crippen LogP contribution in [0.25, 0.3) is 0 Å². The summed E-state index contributed by atoms with van der Waals surface area (Å²) < 4.78 is 33.5. The molecule has 0 bridgehead atoms. The maximum atomic E-state index is 12.3. The Labute approximate surface area is 186 Å². The third kappa shape index (κ3) is 6.37. The maximum absolute atomic E-state index is 12.3. The van der Waals surface area contributed by atoms with Crippen LogP contribution in [0.15, 0.2) is 44.4 Å². The van der Waals surface area contributed by atoms with Crippen molar-refractivity contribution in [1.29, 1.82) is 0 Å². The van der Waals surface area contributed by atoms with Crippen molar-refractivity contribution >= 4 is 66.2 Å². The molecule has 0 unspecified atom stereocenters. The highest BCUT2D eigenvalue weighted by Gasteiger charge is 2.17. The van der Waals surface area contributed by atoms with E-state index in [2.05, 4.69) is 36.8 Å². The van der Waals surface area contributed by atoms with Crippen LogP contribution in [0, 0.1) is 0 Å². The number of sulfonamides is 1. The van der Waals surface area contributed by atoms with Gasteiger partial charge in [-0.25, -0.2) is 8.42 Å². The molecule has 1 fully saturated rings. The number of rotatable bonds is 6. The molecule has 1 saturated heterocycles. The van der Waals surface area contributed by atoms with Crippen molar-refractivity contribution in [2.75, 3.05) is 17.9 Å². The highest BCUT2D eigenvalue weighted by Crippen LogP contribution is 2.27. The Morgan fingerprint density at radius 3 is 2.59 bits per heavy atom. The maximum Gasteiger partial charge on any atom is 0.271 e. The Bertz CT molecular complexity index is 973. The highest BCUT2D eigenvalue weighted by atomic mass is 79.9. The van der Waals surface area contributed by atoms with Crippen molar-refractivity contribution in [2.24, 2.45) is 0 Å². The fourth-order valence-corrected chi connectivity index (χ4v) is 5.78. The molecule has 29 heavy (non-hydrogen) atoms. The van der Waals surface area contributed by atoms with E-state index in [1.165, 1.54) is 30.3 Å². The minimum absolute atomic E-state index is 0.136. The van der Waals surface area contributed by atoms with Gasteiger partial charge in [0.25, 0.3) is 15.9 Å². The number of hydrazine groups is 1. The summed E-state index contributed by atoms with van der Waals surface area (Å²) in [7, 11) is -3.67. The summed E-state index contributed by atoms with van der Waals surface area (Å²) in [6.07, 6.45) is 2.17. The molecule has 1 aromatic heterocycles. The minimum atomic E-state index is -3.67. The predicted octanol–water partition coefficient (Wildman–Crippen LogP) is 2.60. The first-order valence-electron chi connectivity index (χ1n) is 8.67. The Morgan fingerprint density at radius 1 is 1.21 bits per heavy atom. The fourth-order valence-electron chi connectivity index (χ4n) is 2.58. The number of ether oxygens (including phenoxy) is 1. The molecule has 1 aliphatic rings. The van der Waals surface area contributed by atoms with E-state index in [1.54, 1.807) is 6.07 Å². The summed E-state index contributed by atoms with van der Waals surface area (Å²) >= 11 is 9.47. The topological polar surface area (TPSA) is 109 Å². The summed E-state index contributed by atoms with van der Waals surface area (Å²) in [6.45, 7) is 1.34. The number of hydrogen-bond acceptors (Lipinski definition) is 6. The number of carbonyl (C=O) groups is 1. The Balaban J connectivity index is 1.48. The van der Waals surface area contributed by atoms with E-state index < -0.39 is 15.9 Å². The molecule has 1 amide bonds. The van der Waals surface area contributed by atoms with E-state index in [0.29, 0.717) is 22.9 Å². The molecule has 3 rings (SSSR count). The second kappa shape index (κ2) is 9.85. The van der Waals surface area contributed by atoms with Gasteiger partial charge in [-0.05, 0) is 77.4 Å². The number of amides is 1. The van der Waals surface area contributed by atoms with Crippen LogP contribution < -0.4 is 20.9 Å². The van der Waals surface area contributed by atoms with Crippen molar-refractivity contribution in [3.05, 3.63) is 45.7 Å². The molecule has 0 saturated carbocycles. The number of benzene rings is 1. The van der Waals surface area contributed by atoms with Crippen LogP contribution in [0.2, 0.25) is 0 Å². The van der Waals surface area contributed by atoms with Gasteiger partial charge in [-0.2, -0.15) is 0 Å². The summed E-state index contributed by atoms with van der Waals surface area (Å²) in [6, 6.07) is 9.25. The number of carbonyl (C=O) groups excluding carboxylic acids is 1. The van der Waals surface area contributed by atoms with E-state index in [1.807, 2.05) is 0 Å². The second-order valence-corrected chi connectivity index (χ2v) is 10.9. The van der Waals surface area contributed by atoms with Crippen LogP contribution in [-0.2, 0) is 14.8 Å². The van der Waals surface area contributed by atoms with Crippen molar-refractivity contribution < 1.29 is 17.9 Å². The first-order chi connectivity index (χ1) is 13.8. The number of hydrogen-bond donors (Lipinski definition) is 4. The van der Waals surface area contributed by atoms with Gasteiger partial charge in [0.05, 0.1) is 9.89 Å². The lowest BCUT2D eigenvalue weighted by molar-refractivity contribution is 0.0943. The van der Waals surface area contributed by atoms with Crippen LogP contribution in [0.4, 0.5) is 5.69 Å². The summed E-state index contributed by atoms with van der Waals surface area (Å²) in [5.41, 5.74) is 5.83. The zero-order valence-corrected chi connectivity index (χ0v) is 19.1. The lowest BCUT2D eigenvalue weighted by Crippen LogP contribution is -2.48. The molecule has 1 aromatic carbocycles. The molecule has 2 heterocycles. The molecule has 4 N–H and O–H groups in total. The zero-order valence-electron chi connectivity index (χ0n) is 15.1. The third-order valence-corrected chi connectivity index (χ3v) is 7.76. The molecule has 1 atom stereocenters. The van der Waals surface area contributed by atoms with E-state index in [9.17, 15) is 13.2 Å². The zero-order chi connectivity index (χ0) is 20.9. The van der Waals surface area contributed by atoms with E-state index in [0.717, 1.165) is 34.6 Å². The SMILES string of the molecule is O=C(NNC(=S)NC[C@@H]1CCCO1)c1ccc(NS(=O)(=O)c2ccc(Br)s2)cc1. The van der Waals surface area contributed by atoms with Crippen molar-refractivity contribution in [3.8, 4) is 0 Å². The molecular formula is C17H19BrN4O4S3. The van der Waals surface area contributed by atoms with Gasteiger partial charge in [-0.3, -0.25) is 20.4 Å². The number of halogens is 1. The van der Waals surface area contributed by atoms with Gasteiger partial charge in [0.15, 0.2) is 5.11 Å². The molecular weight excluding hydrogens is 500 g/mol. The summed E-state index contributed by atoms with van der Waals surface area (Å²) in [4.78, 5) is 12.2. The quantitative estimate of drug-likeness (QED) is 0.343. The molecule has 1 aliphatic heterocycles. The predicted molar refractivity (Wildman–Crippen MR) is 119 cm³/mol. The Hall–Kier alpha value is -1.73. The minimum Gasteiger partial charge on any atom is -0.376 e. The Morgan fingerprint density at radius 2 is 1.97 bits per heavy atom. The first kappa shape index (κ1) is 22.0. The molecule has 156 valence electrons. The van der Waals surface area contributed by atoms with Gasteiger partial charge in [0.2, 0.25) is 0 Å². The van der Waals surface area contributed by atoms with Crippen LogP contribution in [0.3, 0.4) is 0 Å². The van der Waals surface area contributed by atoms with Crippen LogP contribution >= 0.6 is 39.5 Å². The third-order valence-electron chi connectivity index (χ3n) is 4.02. The number of thiocarbonyl (C=S) groups is 1. The average Bonchev–Trinajstić information content (AvgIpc) is 3.36. The Kier molecular flexibility index (Phi) is 7.46. The second-order valence-electron chi connectivity index (χ2n) is 6.17. The van der Waals surface area contributed by atoms with Gasteiger partial charge < -0.3 is 10.1 Å². The smallest absolute Gasteiger partial charge is 0.271 e. The van der Waals surface area contributed by atoms with Gasteiger partial charge in [0.1, 0.15) is 4.21 Å². The largest absolute Gasteiger partial charge is 0.376 e. The molecule has 2 aromatic rings. The van der Waals surface area contributed by atoms with Crippen molar-refractivity contribution in [2.45, 2.75) is 23.2 Å². The molecule has 8 nitrogen and oxygen atoms in total. The lowest BCUT2D eigenvalue weighted by atomic mass is 10.2. The van der Waals surface area contributed by atoms with Crippen molar-refractivity contribution in [1.82, 2.24) is 16.2 Å². The van der Waals surface area contributed by atoms with Gasteiger partial charge in [-0.1, -0.05) is 0 Å². The van der Waals surface area contributed by atoms with Gasteiger partial charge >= 0.3 is 0 Å². The average molecular weight is 519 g/mol.